The summed E-state index contributed by atoms with van der Waals surface area (Å²) >= 11 is 0. The van der Waals surface area contributed by atoms with Crippen molar-refractivity contribution in [3.8, 4) is 0 Å². The van der Waals surface area contributed by atoms with E-state index in [1.54, 1.807) is 18.2 Å². The van der Waals surface area contributed by atoms with Gasteiger partial charge in [0.15, 0.2) is 15.6 Å². The highest BCUT2D eigenvalue weighted by molar-refractivity contribution is 7.92. The topological polar surface area (TPSA) is 60.4 Å². The van der Waals surface area contributed by atoms with Gasteiger partial charge >= 0.3 is 5.97 Å². The smallest absolute Gasteiger partial charge is 0.321 e. The highest BCUT2D eigenvalue weighted by atomic mass is 32.2. The van der Waals surface area contributed by atoms with E-state index >= 15 is 0 Å². The molecule has 0 atom stereocenters. The molecular weight excluding hydrogens is 264 g/mol. The minimum atomic E-state index is -3.58. The average Bonchev–Trinajstić information content (AvgIpc) is 2.40. The molecule has 0 unspecified atom stereocenters. The van der Waals surface area contributed by atoms with E-state index in [2.05, 4.69) is 0 Å². The molecule has 0 radical (unpaired) electrons. The Labute approximate surface area is 113 Å². The Morgan fingerprint density at radius 1 is 1.11 bits per heavy atom. The largest absolute Gasteiger partial charge is 0.462 e. The zero-order valence-corrected chi connectivity index (χ0v) is 11.6. The molecule has 0 amide bonds. The van der Waals surface area contributed by atoms with Gasteiger partial charge in [-0.25, -0.2) is 8.42 Å². The molecule has 19 heavy (non-hydrogen) atoms. The number of esters is 1. The van der Waals surface area contributed by atoms with Gasteiger partial charge in [0, 0.05) is 0 Å². The van der Waals surface area contributed by atoms with E-state index in [0.29, 0.717) is 0 Å². The Hall–Kier alpha value is -1.36. The summed E-state index contributed by atoms with van der Waals surface area (Å²) in [5.41, 5.74) is 0. The van der Waals surface area contributed by atoms with Crippen molar-refractivity contribution in [2.75, 3.05) is 5.75 Å². The van der Waals surface area contributed by atoms with Crippen molar-refractivity contribution < 1.29 is 17.9 Å². The second-order valence-corrected chi connectivity index (χ2v) is 6.81. The molecule has 0 spiro atoms. The van der Waals surface area contributed by atoms with E-state index in [9.17, 15) is 13.2 Å². The van der Waals surface area contributed by atoms with Gasteiger partial charge in [-0.1, -0.05) is 24.6 Å². The van der Waals surface area contributed by atoms with Crippen LogP contribution in [-0.4, -0.2) is 26.2 Å². The summed E-state index contributed by atoms with van der Waals surface area (Å²) in [6, 6.07) is 7.99. The average molecular weight is 282 g/mol. The number of benzene rings is 1. The monoisotopic (exact) mass is 282 g/mol. The molecule has 2 rings (SSSR count). The minimum Gasteiger partial charge on any atom is -0.462 e. The number of carbonyl (C=O) groups excluding carboxylic acids is 1. The van der Waals surface area contributed by atoms with Crippen LogP contribution in [0.15, 0.2) is 35.2 Å². The van der Waals surface area contributed by atoms with Crippen molar-refractivity contribution in [3.05, 3.63) is 30.3 Å². The van der Waals surface area contributed by atoms with Crippen molar-refractivity contribution in [1.29, 1.82) is 0 Å². The number of hydrogen-bond acceptors (Lipinski definition) is 4. The van der Waals surface area contributed by atoms with E-state index < -0.39 is 21.6 Å². The normalized spacial score (nSPS) is 17.1. The molecule has 1 saturated carbocycles. The van der Waals surface area contributed by atoms with Crippen LogP contribution in [-0.2, 0) is 19.4 Å². The Morgan fingerprint density at radius 2 is 1.74 bits per heavy atom. The Bertz CT molecular complexity index is 516. The van der Waals surface area contributed by atoms with Crippen LogP contribution in [0.5, 0.6) is 0 Å². The third kappa shape index (κ3) is 4.06. The molecule has 0 heterocycles. The lowest BCUT2D eigenvalue weighted by Crippen LogP contribution is -2.26. The van der Waals surface area contributed by atoms with E-state index in [1.165, 1.54) is 12.1 Å². The number of carbonyl (C=O) groups is 1. The van der Waals surface area contributed by atoms with Crippen LogP contribution < -0.4 is 0 Å². The Morgan fingerprint density at radius 3 is 2.37 bits per heavy atom. The van der Waals surface area contributed by atoms with Gasteiger partial charge in [0.05, 0.1) is 4.90 Å². The maximum atomic E-state index is 12.0. The van der Waals surface area contributed by atoms with Crippen molar-refractivity contribution in [2.45, 2.75) is 43.1 Å². The standard InChI is InChI=1S/C14H18O4S/c15-14(18-12-7-3-1-4-8-12)11-19(16,17)13-9-5-2-6-10-13/h2,5-6,9-10,12H,1,3-4,7-8,11H2. The van der Waals surface area contributed by atoms with E-state index in [1.807, 2.05) is 0 Å². The highest BCUT2D eigenvalue weighted by Gasteiger charge is 2.23. The third-order valence-electron chi connectivity index (χ3n) is 3.26. The number of rotatable bonds is 4. The first-order chi connectivity index (χ1) is 9.08. The molecule has 0 bridgehead atoms. The van der Waals surface area contributed by atoms with Crippen molar-refractivity contribution >= 4 is 15.8 Å². The molecule has 5 heteroatoms. The van der Waals surface area contributed by atoms with Gasteiger partial charge in [0.2, 0.25) is 0 Å². The molecule has 104 valence electrons. The summed E-state index contributed by atoms with van der Waals surface area (Å²) in [5, 5.41) is 0. The molecule has 0 saturated heterocycles. The molecule has 1 aliphatic rings. The predicted molar refractivity (Wildman–Crippen MR) is 71.5 cm³/mol. The molecule has 0 N–H and O–H groups in total. The molecule has 1 aliphatic carbocycles. The van der Waals surface area contributed by atoms with Gasteiger partial charge < -0.3 is 4.74 Å². The second-order valence-electron chi connectivity index (χ2n) is 4.82. The zero-order valence-electron chi connectivity index (χ0n) is 10.7. The van der Waals surface area contributed by atoms with Gasteiger partial charge in [-0.3, -0.25) is 4.79 Å². The summed E-state index contributed by atoms with van der Waals surface area (Å²) in [6.07, 6.45) is 4.84. The lowest BCUT2D eigenvalue weighted by molar-refractivity contribution is -0.147. The molecule has 0 aliphatic heterocycles. The zero-order chi connectivity index (χ0) is 13.7. The quantitative estimate of drug-likeness (QED) is 0.795. The third-order valence-corrected chi connectivity index (χ3v) is 4.87. The summed E-state index contributed by atoms with van der Waals surface area (Å²) in [6.45, 7) is 0. The number of ether oxygens (including phenoxy) is 1. The van der Waals surface area contributed by atoms with Crippen molar-refractivity contribution in [1.82, 2.24) is 0 Å². The van der Waals surface area contributed by atoms with Crippen LogP contribution in [0.1, 0.15) is 32.1 Å². The van der Waals surface area contributed by atoms with Crippen molar-refractivity contribution in [3.63, 3.8) is 0 Å². The van der Waals surface area contributed by atoms with Crippen molar-refractivity contribution in [2.24, 2.45) is 0 Å². The summed E-state index contributed by atoms with van der Waals surface area (Å²) in [5.74, 6) is -1.22. The maximum absolute atomic E-state index is 12.0. The van der Waals surface area contributed by atoms with E-state index in [-0.39, 0.29) is 11.0 Å². The molecule has 1 aromatic rings. The first-order valence-corrected chi connectivity index (χ1v) is 8.20. The summed E-state index contributed by atoms with van der Waals surface area (Å²) < 4.78 is 29.2. The molecule has 1 aromatic carbocycles. The molecular formula is C14H18O4S. The van der Waals surface area contributed by atoms with Crippen LogP contribution in [0.4, 0.5) is 0 Å². The summed E-state index contributed by atoms with van der Waals surface area (Å²) in [7, 11) is -3.58. The number of sulfone groups is 1. The predicted octanol–water partition coefficient (Wildman–Crippen LogP) is 2.34. The maximum Gasteiger partial charge on any atom is 0.321 e. The summed E-state index contributed by atoms with van der Waals surface area (Å²) in [4.78, 5) is 11.9. The Kier molecular flexibility index (Phi) is 4.58. The molecule has 4 nitrogen and oxygen atoms in total. The molecule has 0 aromatic heterocycles. The Balaban J connectivity index is 1.94. The van der Waals surface area contributed by atoms with Crippen LogP contribution in [0.3, 0.4) is 0 Å². The van der Waals surface area contributed by atoms with Crippen LogP contribution in [0, 0.1) is 0 Å². The fourth-order valence-electron chi connectivity index (χ4n) is 2.27. The minimum absolute atomic E-state index is 0.104. The number of hydrogen-bond donors (Lipinski definition) is 0. The second kappa shape index (κ2) is 6.19. The van der Waals surface area contributed by atoms with Gasteiger partial charge in [0.1, 0.15) is 6.10 Å². The van der Waals surface area contributed by atoms with Crippen LogP contribution in [0.2, 0.25) is 0 Å². The van der Waals surface area contributed by atoms with E-state index in [0.717, 1.165) is 32.1 Å². The van der Waals surface area contributed by atoms with Crippen LogP contribution >= 0.6 is 0 Å². The highest BCUT2D eigenvalue weighted by Crippen LogP contribution is 2.21. The van der Waals surface area contributed by atoms with E-state index in [4.69, 9.17) is 4.74 Å². The van der Waals surface area contributed by atoms with Gasteiger partial charge in [-0.15, -0.1) is 0 Å². The van der Waals surface area contributed by atoms with Gasteiger partial charge in [0.25, 0.3) is 0 Å². The first-order valence-electron chi connectivity index (χ1n) is 6.55. The lowest BCUT2D eigenvalue weighted by Gasteiger charge is -2.21. The SMILES string of the molecule is O=C(CS(=O)(=O)c1ccccc1)OC1CCCCC1. The molecule has 1 fully saturated rings. The van der Waals surface area contributed by atoms with Gasteiger partial charge in [-0.05, 0) is 37.8 Å². The first kappa shape index (κ1) is 14.1. The fraction of sp³-hybridized carbons (Fsp3) is 0.500. The lowest BCUT2D eigenvalue weighted by atomic mass is 9.98. The van der Waals surface area contributed by atoms with Gasteiger partial charge in [-0.2, -0.15) is 0 Å². The fourth-order valence-corrected chi connectivity index (χ4v) is 3.39. The van der Waals surface area contributed by atoms with Crippen LogP contribution in [0.25, 0.3) is 0 Å².